The average molecular weight is 188 g/mol. The van der Waals surface area contributed by atoms with Gasteiger partial charge in [-0.2, -0.15) is 8.78 Å². The van der Waals surface area contributed by atoms with E-state index >= 15 is 0 Å². The molecule has 1 saturated carbocycles. The van der Waals surface area contributed by atoms with Crippen molar-refractivity contribution in [2.75, 3.05) is 0 Å². The molecule has 0 spiro atoms. The number of fused-ring (bicyclic) bond motifs is 1. The molecule has 2 aliphatic rings. The summed E-state index contributed by atoms with van der Waals surface area (Å²) in [6.07, 6.45) is -1.83. The summed E-state index contributed by atoms with van der Waals surface area (Å²) >= 11 is 0. The third kappa shape index (κ3) is 1.15. The molecule has 1 heterocycles. The van der Waals surface area contributed by atoms with Crippen LogP contribution in [0.4, 0.5) is 8.78 Å². The first-order chi connectivity index (χ1) is 6.09. The molecule has 0 aromatic carbocycles. The minimum Gasteiger partial charge on any atom is -0.393 e. The molecule has 2 unspecified atom stereocenters. The van der Waals surface area contributed by atoms with Crippen molar-refractivity contribution in [3.05, 3.63) is 11.7 Å². The predicted octanol–water partition coefficient (Wildman–Crippen LogP) is 1.25. The first-order valence-electron chi connectivity index (χ1n) is 3.88. The molecule has 1 aliphatic carbocycles. The zero-order valence-electron chi connectivity index (χ0n) is 6.55. The van der Waals surface area contributed by atoms with Crippen LogP contribution in [0, 0.1) is 11.8 Å². The molecule has 1 saturated heterocycles. The van der Waals surface area contributed by atoms with Gasteiger partial charge >= 0.3 is 11.9 Å². The lowest BCUT2D eigenvalue weighted by atomic mass is 10.00. The summed E-state index contributed by atoms with van der Waals surface area (Å²) in [7, 11) is 0. The molecule has 0 radical (unpaired) electrons. The van der Waals surface area contributed by atoms with Crippen LogP contribution >= 0.6 is 0 Å². The lowest BCUT2D eigenvalue weighted by Gasteiger charge is -1.96. The van der Waals surface area contributed by atoms with Gasteiger partial charge in [-0.15, -0.1) is 0 Å². The van der Waals surface area contributed by atoms with E-state index in [1.54, 1.807) is 0 Å². The third-order valence-corrected chi connectivity index (χ3v) is 2.49. The smallest absolute Gasteiger partial charge is 0.317 e. The molecule has 13 heavy (non-hydrogen) atoms. The normalized spacial score (nSPS) is 32.0. The lowest BCUT2D eigenvalue weighted by molar-refractivity contribution is -0.154. The number of esters is 2. The second kappa shape index (κ2) is 2.61. The molecule has 1 aliphatic heterocycles. The zero-order valence-corrected chi connectivity index (χ0v) is 6.55. The van der Waals surface area contributed by atoms with Gasteiger partial charge in [0, 0.05) is 0 Å². The van der Waals surface area contributed by atoms with Gasteiger partial charge in [0.2, 0.25) is 0 Å². The second-order valence-electron chi connectivity index (χ2n) is 3.23. The molecule has 5 heteroatoms. The maximum atomic E-state index is 12.1. The van der Waals surface area contributed by atoms with Crippen LogP contribution < -0.4 is 0 Å². The van der Waals surface area contributed by atoms with Gasteiger partial charge in [-0.3, -0.25) is 9.59 Å². The zero-order chi connectivity index (χ0) is 9.59. The number of rotatable bonds is 0. The minimum absolute atomic E-state index is 0.0302. The van der Waals surface area contributed by atoms with Gasteiger partial charge < -0.3 is 4.74 Å². The van der Waals surface area contributed by atoms with Crippen molar-refractivity contribution >= 4 is 11.9 Å². The maximum Gasteiger partial charge on any atom is 0.317 e. The Balaban J connectivity index is 2.27. The summed E-state index contributed by atoms with van der Waals surface area (Å²) in [5.74, 6) is -2.65. The fourth-order valence-corrected chi connectivity index (χ4v) is 1.80. The van der Waals surface area contributed by atoms with Crippen LogP contribution in [0.1, 0.15) is 12.8 Å². The first kappa shape index (κ1) is 8.34. The van der Waals surface area contributed by atoms with E-state index in [0.717, 1.165) is 0 Å². The molecule has 0 amide bonds. The number of hydrogen-bond donors (Lipinski definition) is 0. The number of halogens is 2. The SMILES string of the molecule is O=C1OC(=O)C2CC(=C(F)F)CC12. The molecule has 3 nitrogen and oxygen atoms in total. The van der Waals surface area contributed by atoms with Gasteiger partial charge in [-0.25, -0.2) is 0 Å². The van der Waals surface area contributed by atoms with Crippen molar-refractivity contribution in [3.63, 3.8) is 0 Å². The molecule has 2 atom stereocenters. The number of carbonyl (C=O) groups excluding carboxylic acids is 2. The molecule has 0 aromatic heterocycles. The van der Waals surface area contributed by atoms with Crippen molar-refractivity contribution < 1.29 is 23.1 Å². The molecule has 0 N–H and O–H groups in total. The molecular formula is C8H6F2O3. The Labute approximate surface area is 72.4 Å². The van der Waals surface area contributed by atoms with E-state index in [4.69, 9.17) is 0 Å². The van der Waals surface area contributed by atoms with E-state index in [1.165, 1.54) is 0 Å². The molecule has 0 aromatic rings. The van der Waals surface area contributed by atoms with E-state index in [9.17, 15) is 18.4 Å². The van der Waals surface area contributed by atoms with Crippen molar-refractivity contribution in [1.29, 1.82) is 0 Å². The van der Waals surface area contributed by atoms with Gasteiger partial charge in [0.1, 0.15) is 0 Å². The van der Waals surface area contributed by atoms with E-state index in [-0.39, 0.29) is 18.4 Å². The Morgan fingerprint density at radius 3 is 2.00 bits per heavy atom. The first-order valence-corrected chi connectivity index (χ1v) is 3.88. The average Bonchev–Trinajstić information content (AvgIpc) is 2.55. The summed E-state index contributed by atoms with van der Waals surface area (Å²) in [4.78, 5) is 21.8. The summed E-state index contributed by atoms with van der Waals surface area (Å²) < 4.78 is 28.5. The summed E-state index contributed by atoms with van der Waals surface area (Å²) in [5.41, 5.74) is -0.0833. The fourth-order valence-electron chi connectivity index (χ4n) is 1.80. The van der Waals surface area contributed by atoms with Gasteiger partial charge in [0.25, 0.3) is 6.08 Å². The van der Waals surface area contributed by atoms with Gasteiger partial charge in [-0.05, 0) is 18.4 Å². The van der Waals surface area contributed by atoms with Crippen LogP contribution in [0.2, 0.25) is 0 Å². The topological polar surface area (TPSA) is 43.4 Å². The Kier molecular flexibility index (Phi) is 1.68. The number of hydrogen-bond acceptors (Lipinski definition) is 3. The van der Waals surface area contributed by atoms with Gasteiger partial charge in [0.15, 0.2) is 0 Å². The van der Waals surface area contributed by atoms with E-state index in [2.05, 4.69) is 4.74 Å². The Morgan fingerprint density at radius 2 is 1.62 bits per heavy atom. The van der Waals surface area contributed by atoms with Crippen LogP contribution in [0.15, 0.2) is 11.7 Å². The number of allylic oxidation sites excluding steroid dienone is 1. The van der Waals surface area contributed by atoms with Crippen LogP contribution in [-0.2, 0) is 14.3 Å². The summed E-state index contributed by atoms with van der Waals surface area (Å²) in [5, 5.41) is 0. The molecule has 70 valence electrons. The summed E-state index contributed by atoms with van der Waals surface area (Å²) in [6, 6.07) is 0. The monoisotopic (exact) mass is 188 g/mol. The minimum atomic E-state index is -1.77. The number of carbonyl (C=O) groups is 2. The van der Waals surface area contributed by atoms with E-state index < -0.39 is 29.9 Å². The highest BCUT2D eigenvalue weighted by Gasteiger charge is 2.49. The quantitative estimate of drug-likeness (QED) is 0.424. The second-order valence-corrected chi connectivity index (χ2v) is 3.23. The number of cyclic esters (lactones) is 2. The van der Waals surface area contributed by atoms with Crippen LogP contribution in [0.25, 0.3) is 0 Å². The maximum absolute atomic E-state index is 12.1. The third-order valence-electron chi connectivity index (χ3n) is 2.49. The highest BCUT2D eigenvalue weighted by atomic mass is 19.3. The predicted molar refractivity (Wildman–Crippen MR) is 36.6 cm³/mol. The highest BCUT2D eigenvalue weighted by Crippen LogP contribution is 2.43. The highest BCUT2D eigenvalue weighted by molar-refractivity contribution is 5.97. The molecule has 2 rings (SSSR count). The molecule has 0 bridgehead atoms. The van der Waals surface area contributed by atoms with Crippen LogP contribution in [0.5, 0.6) is 0 Å². The number of ether oxygens (including phenoxy) is 1. The van der Waals surface area contributed by atoms with Crippen LogP contribution in [0.3, 0.4) is 0 Å². The van der Waals surface area contributed by atoms with Crippen LogP contribution in [-0.4, -0.2) is 11.9 Å². The van der Waals surface area contributed by atoms with E-state index in [1.807, 2.05) is 0 Å². The van der Waals surface area contributed by atoms with Crippen molar-refractivity contribution in [2.45, 2.75) is 12.8 Å². The molecular weight excluding hydrogens is 182 g/mol. The lowest BCUT2D eigenvalue weighted by Crippen LogP contribution is -2.09. The largest absolute Gasteiger partial charge is 0.393 e. The standard InChI is InChI=1S/C8H6F2O3/c9-6(10)3-1-4-5(2-3)8(12)13-7(4)11/h4-5H,1-2H2. The Hall–Kier alpha value is -1.26. The van der Waals surface area contributed by atoms with Crippen molar-refractivity contribution in [1.82, 2.24) is 0 Å². The fraction of sp³-hybridized carbons (Fsp3) is 0.500. The van der Waals surface area contributed by atoms with Gasteiger partial charge in [-0.1, -0.05) is 0 Å². The van der Waals surface area contributed by atoms with Gasteiger partial charge in [0.05, 0.1) is 11.8 Å². The van der Waals surface area contributed by atoms with Crippen molar-refractivity contribution in [3.8, 4) is 0 Å². The van der Waals surface area contributed by atoms with E-state index in [0.29, 0.717) is 0 Å². The van der Waals surface area contributed by atoms with Crippen molar-refractivity contribution in [2.24, 2.45) is 11.8 Å². The molecule has 2 fully saturated rings. The Bertz CT molecular complexity index is 293. The Morgan fingerprint density at radius 1 is 1.15 bits per heavy atom. The summed E-state index contributed by atoms with van der Waals surface area (Å²) in [6.45, 7) is 0.